The number of alkyl halides is 3. The van der Waals surface area contributed by atoms with Crippen molar-refractivity contribution in [1.82, 2.24) is 19.8 Å². The molecule has 2 aromatic carbocycles. The maximum absolute atomic E-state index is 14.0. The quantitative estimate of drug-likeness (QED) is 0.377. The summed E-state index contributed by atoms with van der Waals surface area (Å²) in [4.78, 5) is 21.1. The molecule has 1 amide bonds. The molecule has 5 rings (SSSR count). The average Bonchev–Trinajstić information content (AvgIpc) is 3.42. The molecule has 1 unspecified atom stereocenters. The molecule has 0 bridgehead atoms. The molecule has 3 atom stereocenters. The number of rotatable bonds is 7. The molecule has 13 heteroatoms. The van der Waals surface area contributed by atoms with Gasteiger partial charge < -0.3 is 20.3 Å². The number of hydrazine groups is 1. The fourth-order valence-electron chi connectivity index (χ4n) is 6.01. The number of halogens is 3. The largest absolute Gasteiger partial charge is 0.417 e. The number of ether oxygens (including phenoxy) is 1. The van der Waals surface area contributed by atoms with E-state index in [0.29, 0.717) is 36.8 Å². The van der Waals surface area contributed by atoms with E-state index in [4.69, 9.17) is 15.5 Å². The summed E-state index contributed by atoms with van der Waals surface area (Å²) in [7, 11) is 2.03. The number of piperazine rings is 1. The predicted molar refractivity (Wildman–Crippen MR) is 156 cm³/mol. The Kier molecular flexibility index (Phi) is 8.92. The Balaban J connectivity index is 1.58. The molecule has 0 aromatic heterocycles. The Morgan fingerprint density at radius 3 is 2.64 bits per heavy atom. The summed E-state index contributed by atoms with van der Waals surface area (Å²) in [6.07, 6.45) is -0.434. The van der Waals surface area contributed by atoms with E-state index in [9.17, 15) is 28.5 Å². The molecule has 2 saturated heterocycles. The van der Waals surface area contributed by atoms with Crippen LogP contribution in [0, 0.1) is 22.7 Å². The van der Waals surface area contributed by atoms with Gasteiger partial charge in [-0.3, -0.25) is 9.80 Å². The molecule has 3 aliphatic heterocycles. The number of likely N-dealkylation sites (tertiary alicyclic amines) is 1. The first-order chi connectivity index (χ1) is 21.0. The summed E-state index contributed by atoms with van der Waals surface area (Å²) < 4.78 is 48.3. The summed E-state index contributed by atoms with van der Waals surface area (Å²) in [6.45, 7) is 5.96. The molecule has 0 saturated carbocycles. The van der Waals surface area contributed by atoms with Gasteiger partial charge in [0.05, 0.1) is 47.7 Å². The fourth-order valence-corrected chi connectivity index (χ4v) is 6.01. The number of nitrogens with zero attached hydrogens (tertiary/aromatic N) is 7. The van der Waals surface area contributed by atoms with Gasteiger partial charge in [0.25, 0.3) is 0 Å². The Morgan fingerprint density at radius 2 is 1.98 bits per heavy atom. The van der Waals surface area contributed by atoms with E-state index in [0.717, 1.165) is 25.5 Å². The van der Waals surface area contributed by atoms with Gasteiger partial charge in [0, 0.05) is 48.3 Å². The van der Waals surface area contributed by atoms with Crippen LogP contribution in [0.25, 0.3) is 17.3 Å². The van der Waals surface area contributed by atoms with Gasteiger partial charge in [0.15, 0.2) is 0 Å². The molecular weight excluding hydrogens is 573 g/mol. The Bertz CT molecular complexity index is 1650. The minimum Gasteiger partial charge on any atom is -0.399 e. The van der Waals surface area contributed by atoms with E-state index in [-0.39, 0.29) is 40.7 Å². The first-order valence-corrected chi connectivity index (χ1v) is 14.3. The molecule has 0 spiro atoms. The zero-order valence-electron chi connectivity index (χ0n) is 24.3. The molecule has 2 fully saturated rings. The van der Waals surface area contributed by atoms with Gasteiger partial charge in [0.2, 0.25) is 12.3 Å². The molecule has 0 radical (unpaired) electrons. The van der Waals surface area contributed by atoms with Crippen molar-refractivity contribution in [1.29, 1.82) is 10.5 Å². The lowest BCUT2D eigenvalue weighted by Crippen LogP contribution is -2.61. The molecule has 3 heterocycles. The number of nitrogen functional groups attached to an aromatic ring is 1. The van der Waals surface area contributed by atoms with E-state index < -0.39 is 24.1 Å². The number of amides is 1. The van der Waals surface area contributed by atoms with Crippen LogP contribution in [0.2, 0.25) is 0 Å². The summed E-state index contributed by atoms with van der Waals surface area (Å²) in [5.41, 5.74) is 4.99. The molecule has 2 N–H and O–H groups in total. The van der Waals surface area contributed by atoms with E-state index >= 15 is 0 Å². The van der Waals surface area contributed by atoms with Gasteiger partial charge in [-0.05, 0) is 68.4 Å². The van der Waals surface area contributed by atoms with Crippen LogP contribution in [0.3, 0.4) is 0 Å². The van der Waals surface area contributed by atoms with Crippen molar-refractivity contribution in [2.24, 2.45) is 4.99 Å². The third-order valence-corrected chi connectivity index (χ3v) is 8.36. The highest BCUT2D eigenvalue weighted by Gasteiger charge is 2.36. The summed E-state index contributed by atoms with van der Waals surface area (Å²) >= 11 is 0. The Labute approximate surface area is 253 Å². The van der Waals surface area contributed by atoms with Crippen molar-refractivity contribution < 1.29 is 22.7 Å². The molecule has 2 aromatic rings. The Morgan fingerprint density at radius 1 is 1.18 bits per heavy atom. The average molecular weight is 607 g/mol. The standard InChI is InChI=1S/C31H33F3N8O2/c1-3-29(43)41-12-11-40(18-23(41)8-9-35)42-17-21-13-20(16-36)25(26-14-22(37)6-7-27(26)31(32,33)34)15-28(21)38-30(42)44-19-24-5-4-10-39(24)2/h3,6-7,13-15,17,23-24,30H,1,4-5,8,10-12,18-19,37H2,2H3/t23-,24-,30?/m0/s1. The minimum atomic E-state index is -4.67. The third kappa shape index (κ3) is 6.26. The van der Waals surface area contributed by atoms with Crippen LogP contribution in [0.4, 0.5) is 18.9 Å². The van der Waals surface area contributed by atoms with Crippen molar-refractivity contribution in [3.8, 4) is 23.3 Å². The zero-order valence-corrected chi connectivity index (χ0v) is 24.3. The highest BCUT2D eigenvalue weighted by molar-refractivity contribution is 5.87. The monoisotopic (exact) mass is 606 g/mol. The van der Waals surface area contributed by atoms with Crippen LogP contribution in [0.5, 0.6) is 0 Å². The Hall–Kier alpha value is -4.43. The lowest BCUT2D eigenvalue weighted by molar-refractivity contribution is -0.156. The van der Waals surface area contributed by atoms with Crippen molar-refractivity contribution >= 4 is 17.8 Å². The zero-order chi connectivity index (χ0) is 31.6. The number of hydrogen-bond donors (Lipinski definition) is 1. The van der Waals surface area contributed by atoms with Crippen LogP contribution < -0.4 is 16.3 Å². The van der Waals surface area contributed by atoms with Gasteiger partial charge in [0.1, 0.15) is 0 Å². The summed E-state index contributed by atoms with van der Waals surface area (Å²) in [6, 6.07) is 10.3. The van der Waals surface area contributed by atoms with Crippen LogP contribution >= 0.6 is 0 Å². The van der Waals surface area contributed by atoms with Gasteiger partial charge in [-0.1, -0.05) is 6.58 Å². The lowest BCUT2D eigenvalue weighted by atomic mass is 9.94. The molecule has 0 aliphatic carbocycles. The second-order valence-electron chi connectivity index (χ2n) is 11.1. The van der Waals surface area contributed by atoms with E-state index in [1.807, 2.05) is 18.1 Å². The SMILES string of the molecule is C=CC(=O)N1CCN(N2C=c3cc(C#N)c(-c4cc(N)ccc4C(F)(F)F)cc3=NC2OC[C@@H]2CCCN2C)C[C@@H]1CC#N. The first kappa shape index (κ1) is 31.0. The summed E-state index contributed by atoms with van der Waals surface area (Å²) in [5.74, 6) is -0.259. The number of nitrogens with two attached hydrogens (primary N) is 1. The van der Waals surface area contributed by atoms with Gasteiger partial charge in [-0.2, -0.15) is 23.7 Å². The lowest BCUT2D eigenvalue weighted by Gasteiger charge is -2.46. The number of anilines is 1. The highest BCUT2D eigenvalue weighted by Crippen LogP contribution is 2.38. The second-order valence-corrected chi connectivity index (χ2v) is 11.1. The maximum Gasteiger partial charge on any atom is 0.417 e. The van der Waals surface area contributed by atoms with E-state index in [1.165, 1.54) is 30.3 Å². The smallest absolute Gasteiger partial charge is 0.399 e. The molecule has 44 heavy (non-hydrogen) atoms. The van der Waals surface area contributed by atoms with Crippen molar-refractivity contribution in [3.63, 3.8) is 0 Å². The van der Waals surface area contributed by atoms with Gasteiger partial charge >= 0.3 is 6.18 Å². The molecule has 10 nitrogen and oxygen atoms in total. The van der Waals surface area contributed by atoms with Crippen LogP contribution in [0.15, 0.2) is 48.0 Å². The molecule has 3 aliphatic rings. The fraction of sp³-hybridized carbons (Fsp3) is 0.419. The normalized spacial score (nSPS) is 22.4. The predicted octanol–water partition coefficient (Wildman–Crippen LogP) is 2.42. The number of fused-ring (bicyclic) bond motifs is 1. The highest BCUT2D eigenvalue weighted by atomic mass is 19.4. The van der Waals surface area contributed by atoms with Crippen molar-refractivity contribution in [2.75, 3.05) is 45.6 Å². The number of carbonyl (C=O) groups is 1. The number of likely N-dealkylation sites (N-methyl/N-ethyl adjacent to an activating group) is 1. The molecular formula is C31H33F3N8O2. The first-order valence-electron chi connectivity index (χ1n) is 14.3. The molecule has 230 valence electrons. The van der Waals surface area contributed by atoms with Crippen LogP contribution in [-0.4, -0.2) is 84.0 Å². The number of carbonyl (C=O) groups excluding carboxylic acids is 1. The number of benzene rings is 2. The van der Waals surface area contributed by atoms with Gasteiger partial charge in [-0.25, -0.2) is 10.0 Å². The number of hydrogen-bond acceptors (Lipinski definition) is 9. The second kappa shape index (κ2) is 12.7. The van der Waals surface area contributed by atoms with Crippen LogP contribution in [-0.2, 0) is 15.7 Å². The summed E-state index contributed by atoms with van der Waals surface area (Å²) in [5, 5.41) is 24.1. The number of nitriles is 2. The third-order valence-electron chi connectivity index (χ3n) is 8.36. The van der Waals surface area contributed by atoms with Crippen LogP contribution in [0.1, 0.15) is 30.4 Å². The maximum atomic E-state index is 14.0. The van der Waals surface area contributed by atoms with E-state index in [2.05, 4.69) is 17.5 Å². The van der Waals surface area contributed by atoms with Gasteiger partial charge in [-0.15, -0.1) is 0 Å². The van der Waals surface area contributed by atoms with Crippen molar-refractivity contribution in [3.05, 3.63) is 64.7 Å². The minimum absolute atomic E-state index is 0.0296. The topological polar surface area (TPSA) is 125 Å². The van der Waals surface area contributed by atoms with E-state index in [1.54, 1.807) is 16.1 Å². The van der Waals surface area contributed by atoms with Crippen molar-refractivity contribution in [2.45, 2.75) is 43.9 Å².